The SMILES string of the molecule is C=C.N#CC1(Cc2ccccc2)CCC(=O)CC1. The first-order valence-corrected chi connectivity index (χ1v) is 6.21. The van der Waals surface area contributed by atoms with Crippen LogP contribution in [0.15, 0.2) is 43.5 Å². The lowest BCUT2D eigenvalue weighted by atomic mass is 9.71. The predicted octanol–water partition coefficient (Wildman–Crippen LogP) is 3.68. The van der Waals surface area contributed by atoms with E-state index in [1.54, 1.807) is 0 Å². The molecule has 0 amide bonds. The summed E-state index contributed by atoms with van der Waals surface area (Å²) < 4.78 is 0. The van der Waals surface area contributed by atoms with Crippen LogP contribution in [0.25, 0.3) is 0 Å². The van der Waals surface area contributed by atoms with E-state index in [1.807, 2.05) is 18.2 Å². The number of hydrogen-bond donors (Lipinski definition) is 0. The Bertz CT molecular complexity index is 420. The molecule has 0 aromatic heterocycles. The number of carbonyl (C=O) groups is 1. The molecule has 2 rings (SSSR count). The Balaban J connectivity index is 0.000000771. The van der Waals surface area contributed by atoms with Crippen LogP contribution >= 0.6 is 0 Å². The topological polar surface area (TPSA) is 40.9 Å². The molecule has 0 radical (unpaired) electrons. The van der Waals surface area contributed by atoms with E-state index in [0.717, 1.165) is 19.3 Å². The standard InChI is InChI=1S/C14H15NO.C2H4/c15-11-14(8-6-13(16)7-9-14)10-12-4-2-1-3-5-12;1-2/h1-5H,6-10H2;1-2H2. The Hall–Kier alpha value is -1.88. The summed E-state index contributed by atoms with van der Waals surface area (Å²) in [5, 5.41) is 9.33. The zero-order valence-corrected chi connectivity index (χ0v) is 10.7. The molecule has 2 heteroatoms. The Kier molecular flexibility index (Phi) is 5.32. The number of benzene rings is 1. The van der Waals surface area contributed by atoms with Crippen molar-refractivity contribution in [3.05, 3.63) is 49.1 Å². The maximum Gasteiger partial charge on any atom is 0.133 e. The van der Waals surface area contributed by atoms with E-state index < -0.39 is 0 Å². The third kappa shape index (κ3) is 3.56. The summed E-state index contributed by atoms with van der Waals surface area (Å²) >= 11 is 0. The van der Waals surface area contributed by atoms with Crippen molar-refractivity contribution in [3.8, 4) is 6.07 Å². The molecule has 94 valence electrons. The lowest BCUT2D eigenvalue weighted by Crippen LogP contribution is -2.28. The maximum absolute atomic E-state index is 11.2. The normalized spacial score (nSPS) is 17.2. The van der Waals surface area contributed by atoms with Gasteiger partial charge in [-0.15, -0.1) is 13.2 Å². The molecule has 0 spiro atoms. The van der Waals surface area contributed by atoms with Crippen LogP contribution < -0.4 is 0 Å². The average Bonchev–Trinajstić information content (AvgIpc) is 2.45. The third-order valence-corrected chi connectivity index (χ3v) is 3.39. The van der Waals surface area contributed by atoms with Crippen molar-refractivity contribution in [2.45, 2.75) is 32.1 Å². The molecule has 1 saturated carbocycles. The molecule has 2 nitrogen and oxygen atoms in total. The summed E-state index contributed by atoms with van der Waals surface area (Å²) in [7, 11) is 0. The minimum atomic E-state index is -0.310. The van der Waals surface area contributed by atoms with Gasteiger partial charge in [0.1, 0.15) is 5.78 Å². The van der Waals surface area contributed by atoms with E-state index in [0.29, 0.717) is 18.6 Å². The molecule has 1 aliphatic rings. The molecule has 0 atom stereocenters. The second-order valence-corrected chi connectivity index (χ2v) is 4.59. The van der Waals surface area contributed by atoms with Crippen molar-refractivity contribution in [2.24, 2.45) is 5.41 Å². The first-order chi connectivity index (χ1) is 8.74. The first-order valence-electron chi connectivity index (χ1n) is 6.21. The van der Waals surface area contributed by atoms with E-state index in [-0.39, 0.29) is 5.41 Å². The Morgan fingerprint density at radius 1 is 1.17 bits per heavy atom. The molecule has 0 bridgehead atoms. The molecule has 0 N–H and O–H groups in total. The van der Waals surface area contributed by atoms with Crippen molar-refractivity contribution in [1.29, 1.82) is 5.26 Å². The highest BCUT2D eigenvalue weighted by Gasteiger charge is 2.34. The number of ketones is 1. The minimum absolute atomic E-state index is 0.305. The van der Waals surface area contributed by atoms with E-state index in [9.17, 15) is 10.1 Å². The summed E-state index contributed by atoms with van der Waals surface area (Å²) in [6.45, 7) is 6.00. The molecular weight excluding hydrogens is 222 g/mol. The largest absolute Gasteiger partial charge is 0.300 e. The highest BCUT2D eigenvalue weighted by Crippen LogP contribution is 2.37. The molecule has 0 unspecified atom stereocenters. The summed E-state index contributed by atoms with van der Waals surface area (Å²) in [6.07, 6.45) is 3.35. The van der Waals surface area contributed by atoms with Gasteiger partial charge < -0.3 is 0 Å². The number of hydrogen-bond acceptors (Lipinski definition) is 2. The van der Waals surface area contributed by atoms with Crippen molar-refractivity contribution >= 4 is 5.78 Å². The second-order valence-electron chi connectivity index (χ2n) is 4.59. The van der Waals surface area contributed by atoms with Gasteiger partial charge >= 0.3 is 0 Å². The minimum Gasteiger partial charge on any atom is -0.300 e. The van der Waals surface area contributed by atoms with Crippen LogP contribution in [0, 0.1) is 16.7 Å². The molecule has 1 aromatic carbocycles. The zero-order chi connectivity index (χ0) is 13.4. The highest BCUT2D eigenvalue weighted by molar-refractivity contribution is 5.79. The van der Waals surface area contributed by atoms with Crippen LogP contribution in [0.2, 0.25) is 0 Å². The van der Waals surface area contributed by atoms with Crippen LogP contribution in [-0.2, 0) is 11.2 Å². The van der Waals surface area contributed by atoms with Gasteiger partial charge in [0, 0.05) is 12.8 Å². The predicted molar refractivity (Wildman–Crippen MR) is 72.9 cm³/mol. The van der Waals surface area contributed by atoms with Gasteiger partial charge in [0.05, 0.1) is 11.5 Å². The van der Waals surface area contributed by atoms with Crippen molar-refractivity contribution < 1.29 is 4.79 Å². The lowest BCUT2D eigenvalue weighted by Gasteiger charge is -2.30. The van der Waals surface area contributed by atoms with Gasteiger partial charge in [-0.05, 0) is 24.8 Å². The molecule has 1 fully saturated rings. The Labute approximate surface area is 109 Å². The third-order valence-electron chi connectivity index (χ3n) is 3.39. The van der Waals surface area contributed by atoms with Crippen molar-refractivity contribution in [3.63, 3.8) is 0 Å². The molecular formula is C16H19NO. The van der Waals surface area contributed by atoms with E-state index in [1.165, 1.54) is 5.56 Å². The fourth-order valence-electron chi connectivity index (χ4n) is 2.32. The maximum atomic E-state index is 11.2. The van der Waals surface area contributed by atoms with Crippen LogP contribution in [0.3, 0.4) is 0 Å². The summed E-state index contributed by atoms with van der Waals surface area (Å²) in [6, 6.07) is 12.5. The number of Topliss-reactive ketones (excluding diaryl/α,β-unsaturated/α-hetero) is 1. The van der Waals surface area contributed by atoms with Crippen molar-refractivity contribution in [2.75, 3.05) is 0 Å². The van der Waals surface area contributed by atoms with Crippen molar-refractivity contribution in [1.82, 2.24) is 0 Å². The molecule has 0 heterocycles. The molecule has 18 heavy (non-hydrogen) atoms. The van der Waals surface area contributed by atoms with Gasteiger partial charge in [-0.25, -0.2) is 0 Å². The fraction of sp³-hybridized carbons (Fsp3) is 0.375. The van der Waals surface area contributed by atoms with Gasteiger partial charge in [0.15, 0.2) is 0 Å². The lowest BCUT2D eigenvalue weighted by molar-refractivity contribution is -0.121. The molecule has 0 aliphatic heterocycles. The smallest absolute Gasteiger partial charge is 0.133 e. The summed E-state index contributed by atoms with van der Waals surface area (Å²) in [4.78, 5) is 11.2. The summed E-state index contributed by atoms with van der Waals surface area (Å²) in [5.74, 6) is 0.305. The van der Waals surface area contributed by atoms with Gasteiger partial charge in [-0.1, -0.05) is 30.3 Å². The molecule has 1 aliphatic carbocycles. The second kappa shape index (κ2) is 6.76. The van der Waals surface area contributed by atoms with Crippen LogP contribution in [0.1, 0.15) is 31.2 Å². The van der Waals surface area contributed by atoms with Gasteiger partial charge in [0.25, 0.3) is 0 Å². The highest BCUT2D eigenvalue weighted by atomic mass is 16.1. The molecule has 1 aromatic rings. The monoisotopic (exact) mass is 241 g/mol. The number of nitriles is 1. The Morgan fingerprint density at radius 2 is 1.72 bits per heavy atom. The number of carbonyl (C=O) groups excluding carboxylic acids is 1. The Morgan fingerprint density at radius 3 is 2.22 bits per heavy atom. The number of nitrogens with zero attached hydrogens (tertiary/aromatic N) is 1. The van der Waals surface area contributed by atoms with Crippen LogP contribution in [-0.4, -0.2) is 5.78 Å². The van der Waals surface area contributed by atoms with Crippen LogP contribution in [0.5, 0.6) is 0 Å². The quantitative estimate of drug-likeness (QED) is 0.741. The van der Waals surface area contributed by atoms with Gasteiger partial charge in [-0.3, -0.25) is 4.79 Å². The summed E-state index contributed by atoms with van der Waals surface area (Å²) in [5.41, 5.74) is 0.883. The van der Waals surface area contributed by atoms with Crippen LogP contribution in [0.4, 0.5) is 0 Å². The average molecular weight is 241 g/mol. The van der Waals surface area contributed by atoms with E-state index in [2.05, 4.69) is 31.4 Å². The van der Waals surface area contributed by atoms with E-state index >= 15 is 0 Å². The van der Waals surface area contributed by atoms with Gasteiger partial charge in [-0.2, -0.15) is 5.26 Å². The first kappa shape index (κ1) is 14.2. The van der Waals surface area contributed by atoms with Gasteiger partial charge in [0.2, 0.25) is 0 Å². The molecule has 0 saturated heterocycles. The fourth-order valence-corrected chi connectivity index (χ4v) is 2.32. The van der Waals surface area contributed by atoms with E-state index in [4.69, 9.17) is 0 Å². The number of rotatable bonds is 2. The zero-order valence-electron chi connectivity index (χ0n) is 10.7.